The molecule has 4 nitrogen and oxygen atoms in total. The molecular formula is C12H12BrFO4. The zero-order chi connectivity index (χ0) is 13.1. The molecule has 0 radical (unpaired) electrons. The average Bonchev–Trinajstić information content (AvgIpc) is 2.34. The summed E-state index contributed by atoms with van der Waals surface area (Å²) in [5, 5.41) is 8.78. The predicted octanol–water partition coefficient (Wildman–Crippen LogP) is 3.19. The van der Waals surface area contributed by atoms with Crippen LogP contribution in [0.1, 0.15) is 29.6 Å². The third-order valence-corrected chi connectivity index (χ3v) is 3.27. The van der Waals surface area contributed by atoms with Gasteiger partial charge in [-0.15, -0.1) is 0 Å². The lowest BCUT2D eigenvalue weighted by atomic mass is 10.2. The van der Waals surface area contributed by atoms with E-state index in [4.69, 9.17) is 14.6 Å². The summed E-state index contributed by atoms with van der Waals surface area (Å²) in [5.74, 6) is -1.88. The van der Waals surface area contributed by atoms with Gasteiger partial charge in [0.2, 0.25) is 0 Å². The van der Waals surface area contributed by atoms with Crippen molar-refractivity contribution in [2.45, 2.75) is 25.6 Å². The Balaban J connectivity index is 2.18. The molecule has 0 aromatic heterocycles. The lowest BCUT2D eigenvalue weighted by Crippen LogP contribution is -2.25. The highest BCUT2D eigenvalue weighted by atomic mass is 79.9. The maximum absolute atomic E-state index is 13.5. The van der Waals surface area contributed by atoms with E-state index in [2.05, 4.69) is 15.9 Å². The molecular weight excluding hydrogens is 307 g/mol. The number of aromatic carboxylic acids is 1. The highest BCUT2D eigenvalue weighted by Gasteiger charge is 2.19. The van der Waals surface area contributed by atoms with Gasteiger partial charge >= 0.3 is 5.97 Å². The molecule has 1 aliphatic rings. The maximum Gasteiger partial charge on any atom is 0.338 e. The minimum Gasteiger partial charge on any atom is -0.478 e. The SMILES string of the molecule is O=C(O)c1cc(Br)c(OC2CCCCO2)cc1F. The molecule has 18 heavy (non-hydrogen) atoms. The number of halogens is 2. The minimum absolute atomic E-state index is 0.254. The van der Waals surface area contributed by atoms with Gasteiger partial charge in [-0.3, -0.25) is 0 Å². The molecule has 0 spiro atoms. The summed E-state index contributed by atoms with van der Waals surface area (Å²) in [6.45, 7) is 0.623. The molecule has 1 heterocycles. The van der Waals surface area contributed by atoms with Crippen LogP contribution in [-0.4, -0.2) is 24.0 Å². The van der Waals surface area contributed by atoms with Crippen LogP contribution < -0.4 is 4.74 Å². The van der Waals surface area contributed by atoms with Gasteiger partial charge < -0.3 is 14.6 Å². The fourth-order valence-corrected chi connectivity index (χ4v) is 2.17. The van der Waals surface area contributed by atoms with Gasteiger partial charge in [-0.05, 0) is 34.8 Å². The summed E-state index contributed by atoms with van der Waals surface area (Å²) in [5.41, 5.74) is -0.390. The molecule has 1 aromatic rings. The van der Waals surface area contributed by atoms with Crippen molar-refractivity contribution in [1.29, 1.82) is 0 Å². The Bertz CT molecular complexity index is 458. The van der Waals surface area contributed by atoms with Crippen LogP contribution in [0.3, 0.4) is 0 Å². The zero-order valence-corrected chi connectivity index (χ0v) is 11.1. The van der Waals surface area contributed by atoms with Gasteiger partial charge in [-0.2, -0.15) is 0 Å². The van der Waals surface area contributed by atoms with Gasteiger partial charge in [0.1, 0.15) is 11.6 Å². The van der Waals surface area contributed by atoms with Gasteiger partial charge in [0.05, 0.1) is 16.6 Å². The van der Waals surface area contributed by atoms with Crippen molar-refractivity contribution >= 4 is 21.9 Å². The van der Waals surface area contributed by atoms with Crippen LogP contribution in [0, 0.1) is 5.82 Å². The average molecular weight is 319 g/mol. The van der Waals surface area contributed by atoms with Crippen molar-refractivity contribution < 1.29 is 23.8 Å². The van der Waals surface area contributed by atoms with E-state index in [1.807, 2.05) is 0 Å². The van der Waals surface area contributed by atoms with Crippen molar-refractivity contribution in [2.75, 3.05) is 6.61 Å². The van der Waals surface area contributed by atoms with Crippen molar-refractivity contribution in [3.63, 3.8) is 0 Å². The summed E-state index contributed by atoms with van der Waals surface area (Å²) in [6, 6.07) is 2.25. The largest absolute Gasteiger partial charge is 0.478 e. The van der Waals surface area contributed by atoms with Crippen LogP contribution in [0.4, 0.5) is 4.39 Å². The fourth-order valence-electron chi connectivity index (χ4n) is 1.73. The van der Waals surface area contributed by atoms with E-state index in [0.717, 1.165) is 25.3 Å². The van der Waals surface area contributed by atoms with Crippen LogP contribution in [-0.2, 0) is 4.74 Å². The molecule has 1 N–H and O–H groups in total. The van der Waals surface area contributed by atoms with Crippen LogP contribution in [0.25, 0.3) is 0 Å². The molecule has 1 unspecified atom stereocenters. The number of ether oxygens (including phenoxy) is 2. The molecule has 0 aliphatic carbocycles. The second kappa shape index (κ2) is 5.67. The summed E-state index contributed by atoms with van der Waals surface area (Å²) in [6.07, 6.45) is 2.34. The van der Waals surface area contributed by atoms with Crippen LogP contribution in [0.5, 0.6) is 5.75 Å². The van der Waals surface area contributed by atoms with E-state index in [-0.39, 0.29) is 5.75 Å². The Morgan fingerprint density at radius 2 is 2.28 bits per heavy atom. The molecule has 1 saturated heterocycles. The Kier molecular flexibility index (Phi) is 4.19. The Morgan fingerprint density at radius 3 is 2.89 bits per heavy atom. The molecule has 6 heteroatoms. The van der Waals surface area contributed by atoms with E-state index in [9.17, 15) is 9.18 Å². The highest BCUT2D eigenvalue weighted by molar-refractivity contribution is 9.10. The minimum atomic E-state index is -1.31. The zero-order valence-electron chi connectivity index (χ0n) is 9.49. The standard InChI is InChI=1S/C12H12BrFO4/c13-8-5-7(12(15)16)9(14)6-10(8)18-11-3-1-2-4-17-11/h5-6,11H,1-4H2,(H,15,16). The van der Waals surface area contributed by atoms with E-state index in [1.54, 1.807) is 0 Å². The first-order valence-electron chi connectivity index (χ1n) is 5.58. The van der Waals surface area contributed by atoms with E-state index in [0.29, 0.717) is 11.1 Å². The number of hydrogen-bond donors (Lipinski definition) is 1. The Hall–Kier alpha value is -1.14. The molecule has 0 amide bonds. The number of carboxylic acids is 1. The quantitative estimate of drug-likeness (QED) is 0.929. The fraction of sp³-hybridized carbons (Fsp3) is 0.417. The summed E-state index contributed by atoms with van der Waals surface area (Å²) >= 11 is 3.17. The molecule has 1 aliphatic heterocycles. The van der Waals surface area contributed by atoms with Gasteiger partial charge in [-0.1, -0.05) is 0 Å². The van der Waals surface area contributed by atoms with Crippen molar-refractivity contribution in [2.24, 2.45) is 0 Å². The summed E-state index contributed by atoms with van der Waals surface area (Å²) in [7, 11) is 0. The molecule has 98 valence electrons. The molecule has 0 saturated carbocycles. The number of benzene rings is 1. The Labute approximate surface area is 112 Å². The lowest BCUT2D eigenvalue weighted by molar-refractivity contribution is -0.106. The first kappa shape index (κ1) is 13.3. The van der Waals surface area contributed by atoms with Gasteiger partial charge in [0.15, 0.2) is 6.29 Å². The number of rotatable bonds is 3. The summed E-state index contributed by atoms with van der Waals surface area (Å²) < 4.78 is 24.8. The summed E-state index contributed by atoms with van der Waals surface area (Å²) in [4.78, 5) is 10.7. The molecule has 1 aromatic carbocycles. The van der Waals surface area contributed by atoms with E-state index in [1.165, 1.54) is 6.07 Å². The van der Waals surface area contributed by atoms with E-state index >= 15 is 0 Å². The second-order valence-corrected chi connectivity index (χ2v) is 4.84. The molecule has 2 rings (SSSR count). The number of carbonyl (C=O) groups is 1. The van der Waals surface area contributed by atoms with E-state index < -0.39 is 23.6 Å². The van der Waals surface area contributed by atoms with Gasteiger partial charge in [0.25, 0.3) is 0 Å². The van der Waals surface area contributed by atoms with Gasteiger partial charge in [-0.25, -0.2) is 9.18 Å². The van der Waals surface area contributed by atoms with Crippen molar-refractivity contribution in [1.82, 2.24) is 0 Å². The molecule has 1 atom stereocenters. The molecule has 0 bridgehead atoms. The Morgan fingerprint density at radius 1 is 1.50 bits per heavy atom. The monoisotopic (exact) mass is 318 g/mol. The van der Waals surface area contributed by atoms with Gasteiger partial charge in [0, 0.05) is 12.5 Å². The molecule has 1 fully saturated rings. The normalized spacial score (nSPS) is 19.6. The van der Waals surface area contributed by atoms with Crippen molar-refractivity contribution in [3.8, 4) is 5.75 Å². The first-order valence-corrected chi connectivity index (χ1v) is 6.38. The first-order chi connectivity index (χ1) is 8.58. The third-order valence-electron chi connectivity index (χ3n) is 2.65. The van der Waals surface area contributed by atoms with Crippen molar-refractivity contribution in [3.05, 3.63) is 28.0 Å². The number of carboxylic acid groups (broad SMARTS) is 1. The topological polar surface area (TPSA) is 55.8 Å². The third kappa shape index (κ3) is 3.00. The van der Waals surface area contributed by atoms with Crippen LogP contribution in [0.15, 0.2) is 16.6 Å². The highest BCUT2D eigenvalue weighted by Crippen LogP contribution is 2.30. The van der Waals surface area contributed by atoms with Crippen LogP contribution in [0.2, 0.25) is 0 Å². The predicted molar refractivity (Wildman–Crippen MR) is 65.3 cm³/mol. The second-order valence-electron chi connectivity index (χ2n) is 3.98. The number of hydrogen-bond acceptors (Lipinski definition) is 3. The smallest absolute Gasteiger partial charge is 0.338 e. The maximum atomic E-state index is 13.5. The van der Waals surface area contributed by atoms with Crippen LogP contribution >= 0.6 is 15.9 Å². The lowest BCUT2D eigenvalue weighted by Gasteiger charge is -2.24.